The summed E-state index contributed by atoms with van der Waals surface area (Å²) in [6.45, 7) is 1.44. The van der Waals surface area contributed by atoms with Crippen LogP contribution in [0.2, 0.25) is 0 Å². The van der Waals surface area contributed by atoms with E-state index in [1.165, 1.54) is 24.1 Å². The van der Waals surface area contributed by atoms with Crippen LogP contribution in [-0.2, 0) is 26.2 Å². The first kappa shape index (κ1) is 28.2. The highest BCUT2D eigenvalue weighted by atomic mass is 79.9. The Morgan fingerprint density at radius 1 is 1.00 bits per heavy atom. The van der Waals surface area contributed by atoms with Gasteiger partial charge in [0, 0.05) is 18.1 Å². The highest BCUT2D eigenvalue weighted by molar-refractivity contribution is 9.10. The second-order valence-corrected chi connectivity index (χ2v) is 11.0. The maximum atomic E-state index is 13.8. The van der Waals surface area contributed by atoms with Gasteiger partial charge in [0.2, 0.25) is 11.8 Å². The lowest BCUT2D eigenvalue weighted by molar-refractivity contribution is -0.140. The second-order valence-electron chi connectivity index (χ2n) is 8.21. The van der Waals surface area contributed by atoms with Crippen LogP contribution >= 0.6 is 15.9 Å². The smallest absolute Gasteiger partial charge is 0.264 e. The minimum Gasteiger partial charge on any atom is -0.497 e. The van der Waals surface area contributed by atoms with Gasteiger partial charge >= 0.3 is 0 Å². The number of ether oxygens (including phenoxy) is 1. The minimum absolute atomic E-state index is 0.0582. The molecule has 0 bridgehead atoms. The number of hydrogen-bond acceptors (Lipinski definition) is 5. The Balaban J connectivity index is 2.03. The summed E-state index contributed by atoms with van der Waals surface area (Å²) >= 11 is 3.39. The molecular formula is C27H30BrN3O5S. The summed E-state index contributed by atoms with van der Waals surface area (Å²) in [5.74, 6) is -0.176. The summed E-state index contributed by atoms with van der Waals surface area (Å²) < 4.78 is 34.4. The van der Waals surface area contributed by atoms with Crippen LogP contribution in [0.25, 0.3) is 0 Å². The van der Waals surface area contributed by atoms with Gasteiger partial charge in [-0.15, -0.1) is 0 Å². The Labute approximate surface area is 226 Å². The fourth-order valence-corrected chi connectivity index (χ4v) is 5.71. The molecule has 0 unspecified atom stereocenters. The monoisotopic (exact) mass is 587 g/mol. The average molecular weight is 589 g/mol. The van der Waals surface area contributed by atoms with Gasteiger partial charge in [-0.05, 0) is 54.4 Å². The molecule has 0 aromatic heterocycles. The van der Waals surface area contributed by atoms with Crippen LogP contribution in [0.1, 0.15) is 18.9 Å². The lowest BCUT2D eigenvalue weighted by Crippen LogP contribution is -2.51. The van der Waals surface area contributed by atoms with E-state index in [-0.39, 0.29) is 17.3 Å². The zero-order valence-corrected chi connectivity index (χ0v) is 23.3. The third kappa shape index (κ3) is 6.90. The Morgan fingerprint density at radius 2 is 1.68 bits per heavy atom. The topological polar surface area (TPSA) is 96.0 Å². The molecule has 10 heteroatoms. The molecule has 3 aromatic carbocycles. The number of halogens is 1. The number of sulfonamides is 1. The SMILES string of the molecule is CC[C@@H](C(=O)NC)N(Cc1ccc(OC)cc1)C(=O)CN(c1cccc(Br)c1)S(=O)(=O)c1ccccc1. The zero-order chi connectivity index (χ0) is 27.0. The number of rotatable bonds is 11. The van der Waals surface area contributed by atoms with E-state index in [0.29, 0.717) is 22.3 Å². The zero-order valence-electron chi connectivity index (χ0n) is 20.9. The Morgan fingerprint density at radius 3 is 2.24 bits per heavy atom. The van der Waals surface area contributed by atoms with Crippen LogP contribution in [0.5, 0.6) is 5.75 Å². The van der Waals surface area contributed by atoms with Gasteiger partial charge < -0.3 is 15.0 Å². The van der Waals surface area contributed by atoms with Crippen molar-refractivity contribution in [3.63, 3.8) is 0 Å². The normalized spacial score (nSPS) is 11.9. The molecule has 0 radical (unpaired) electrons. The van der Waals surface area contributed by atoms with Crippen LogP contribution in [0.3, 0.4) is 0 Å². The first-order valence-corrected chi connectivity index (χ1v) is 13.9. The summed E-state index contributed by atoms with van der Waals surface area (Å²) in [5, 5.41) is 2.61. The van der Waals surface area contributed by atoms with Crippen molar-refractivity contribution >= 4 is 43.5 Å². The molecule has 2 amide bonds. The quantitative estimate of drug-likeness (QED) is 0.362. The van der Waals surface area contributed by atoms with E-state index >= 15 is 0 Å². The molecule has 0 fully saturated rings. The van der Waals surface area contributed by atoms with Crippen molar-refractivity contribution in [3.8, 4) is 5.75 Å². The minimum atomic E-state index is -4.09. The maximum absolute atomic E-state index is 13.8. The summed E-state index contributed by atoms with van der Waals surface area (Å²) in [6.07, 6.45) is 0.351. The number of carbonyl (C=O) groups is 2. The molecule has 1 atom stereocenters. The molecule has 3 rings (SSSR count). The molecule has 0 aliphatic heterocycles. The molecule has 0 heterocycles. The molecule has 0 aliphatic carbocycles. The van der Waals surface area contributed by atoms with Gasteiger partial charge in [0.1, 0.15) is 18.3 Å². The predicted molar refractivity (Wildman–Crippen MR) is 147 cm³/mol. The third-order valence-corrected chi connectivity index (χ3v) is 8.13. The van der Waals surface area contributed by atoms with Crippen molar-refractivity contribution in [1.82, 2.24) is 10.2 Å². The van der Waals surface area contributed by atoms with Gasteiger partial charge in [0.15, 0.2) is 0 Å². The van der Waals surface area contributed by atoms with E-state index < -0.39 is 28.5 Å². The number of benzene rings is 3. The lowest BCUT2D eigenvalue weighted by atomic mass is 10.1. The number of amides is 2. The average Bonchev–Trinajstić information content (AvgIpc) is 2.92. The van der Waals surface area contributed by atoms with Crippen molar-refractivity contribution < 1.29 is 22.7 Å². The van der Waals surface area contributed by atoms with Crippen molar-refractivity contribution in [1.29, 1.82) is 0 Å². The number of nitrogens with one attached hydrogen (secondary N) is 1. The third-order valence-electron chi connectivity index (χ3n) is 5.85. The van der Waals surface area contributed by atoms with Crippen LogP contribution in [0.15, 0.2) is 88.2 Å². The summed E-state index contributed by atoms with van der Waals surface area (Å²) in [6, 6.07) is 21.1. The molecule has 0 saturated carbocycles. The fraction of sp³-hybridized carbons (Fsp3) is 0.259. The highest BCUT2D eigenvalue weighted by Gasteiger charge is 2.33. The van der Waals surface area contributed by atoms with E-state index in [2.05, 4.69) is 21.2 Å². The number of anilines is 1. The van der Waals surface area contributed by atoms with Crippen molar-refractivity contribution in [2.75, 3.05) is 25.0 Å². The number of likely N-dealkylation sites (N-methyl/N-ethyl adjacent to an activating group) is 1. The standard InChI is InChI=1S/C27H30BrN3O5S/c1-4-25(27(33)29-2)30(18-20-13-15-23(36-3)16-14-20)26(32)19-31(22-10-8-9-21(28)17-22)37(34,35)24-11-6-5-7-12-24/h5-17,25H,4,18-19H2,1-3H3,(H,29,33)/t25-/m0/s1. The number of hydrogen-bond donors (Lipinski definition) is 1. The Hall–Kier alpha value is -3.37. The van der Waals surface area contributed by atoms with Crippen molar-refractivity contribution in [3.05, 3.63) is 88.9 Å². The predicted octanol–water partition coefficient (Wildman–Crippen LogP) is 4.21. The van der Waals surface area contributed by atoms with E-state index in [9.17, 15) is 18.0 Å². The number of methoxy groups -OCH3 is 1. The Bertz CT molecular complexity index is 1320. The molecular weight excluding hydrogens is 558 g/mol. The second kappa shape index (κ2) is 12.7. The lowest BCUT2D eigenvalue weighted by Gasteiger charge is -2.33. The molecule has 1 N–H and O–H groups in total. The highest BCUT2D eigenvalue weighted by Crippen LogP contribution is 2.27. The van der Waals surface area contributed by atoms with Crippen molar-refractivity contribution in [2.24, 2.45) is 0 Å². The Kier molecular flexibility index (Phi) is 9.71. The van der Waals surface area contributed by atoms with E-state index in [4.69, 9.17) is 4.74 Å². The summed E-state index contributed by atoms with van der Waals surface area (Å²) in [4.78, 5) is 28.1. The number of nitrogens with zero attached hydrogens (tertiary/aromatic N) is 2. The van der Waals surface area contributed by atoms with Gasteiger partial charge in [-0.1, -0.05) is 59.3 Å². The number of carbonyl (C=O) groups excluding carboxylic acids is 2. The largest absolute Gasteiger partial charge is 0.497 e. The van der Waals surface area contributed by atoms with E-state index in [1.807, 2.05) is 12.1 Å². The first-order valence-electron chi connectivity index (χ1n) is 11.7. The summed E-state index contributed by atoms with van der Waals surface area (Å²) in [5.41, 5.74) is 1.10. The maximum Gasteiger partial charge on any atom is 0.264 e. The van der Waals surface area contributed by atoms with Gasteiger partial charge in [0.25, 0.3) is 10.0 Å². The first-order chi connectivity index (χ1) is 17.7. The molecule has 37 heavy (non-hydrogen) atoms. The van der Waals surface area contributed by atoms with Crippen LogP contribution in [-0.4, -0.2) is 51.9 Å². The molecule has 0 aliphatic rings. The molecule has 3 aromatic rings. The summed E-state index contributed by atoms with van der Waals surface area (Å²) in [7, 11) is -1.02. The van der Waals surface area contributed by atoms with Crippen LogP contribution < -0.4 is 14.4 Å². The van der Waals surface area contributed by atoms with Crippen LogP contribution in [0.4, 0.5) is 5.69 Å². The van der Waals surface area contributed by atoms with Gasteiger partial charge in [-0.3, -0.25) is 13.9 Å². The van der Waals surface area contributed by atoms with Crippen LogP contribution in [0, 0.1) is 0 Å². The molecule has 196 valence electrons. The van der Waals surface area contributed by atoms with Gasteiger partial charge in [-0.25, -0.2) is 8.42 Å². The molecule has 0 saturated heterocycles. The fourth-order valence-electron chi connectivity index (χ4n) is 3.89. The van der Waals surface area contributed by atoms with E-state index in [0.717, 1.165) is 9.87 Å². The van der Waals surface area contributed by atoms with Gasteiger partial charge in [0.05, 0.1) is 17.7 Å². The van der Waals surface area contributed by atoms with Crippen molar-refractivity contribution in [2.45, 2.75) is 30.8 Å². The molecule has 0 spiro atoms. The van der Waals surface area contributed by atoms with E-state index in [1.54, 1.807) is 68.6 Å². The molecule has 8 nitrogen and oxygen atoms in total. The van der Waals surface area contributed by atoms with Gasteiger partial charge in [-0.2, -0.15) is 0 Å².